The van der Waals surface area contributed by atoms with Gasteiger partial charge >= 0.3 is 0 Å². The van der Waals surface area contributed by atoms with Crippen LogP contribution in [0.3, 0.4) is 0 Å². The molecule has 5 aromatic rings. The minimum Gasteiger partial charge on any atom is -0.240 e. The van der Waals surface area contributed by atoms with Crippen molar-refractivity contribution in [3.05, 3.63) is 103 Å². The summed E-state index contributed by atoms with van der Waals surface area (Å²) in [7, 11) is 0. The number of halogens is 1. The molecule has 0 aliphatic rings. The molecular formula is C23H17FN6. The van der Waals surface area contributed by atoms with E-state index in [1.807, 2.05) is 71.5 Å². The van der Waals surface area contributed by atoms with Crippen LogP contribution in [0.4, 0.5) is 4.39 Å². The second-order valence-corrected chi connectivity index (χ2v) is 6.80. The molecule has 0 unspecified atom stereocenters. The fourth-order valence-electron chi connectivity index (χ4n) is 3.25. The topological polar surface area (TPSA) is 61.4 Å². The summed E-state index contributed by atoms with van der Waals surface area (Å²) in [6.07, 6.45) is 1.98. The normalized spacial score (nSPS) is 11.0. The Labute approximate surface area is 172 Å². The maximum atomic E-state index is 13.2. The number of hydrogen-bond acceptors (Lipinski definition) is 4. The van der Waals surface area contributed by atoms with Gasteiger partial charge in [0.25, 0.3) is 0 Å². The van der Waals surface area contributed by atoms with E-state index in [1.165, 1.54) is 16.9 Å². The van der Waals surface area contributed by atoms with Crippen LogP contribution in [-0.4, -0.2) is 30.0 Å². The van der Waals surface area contributed by atoms with E-state index in [0.29, 0.717) is 17.9 Å². The van der Waals surface area contributed by atoms with Crippen molar-refractivity contribution in [2.24, 2.45) is 0 Å². The quantitative estimate of drug-likeness (QED) is 0.442. The Hall–Kier alpha value is -4.13. The number of nitrogens with zero attached hydrogens (tertiary/aromatic N) is 6. The van der Waals surface area contributed by atoms with E-state index >= 15 is 0 Å². The standard InChI is InChI=1S/C23H17FN6/c24-20-13-11-18(12-14-20)23-25-28-30(27-23)16-19-15-29(21-9-5-2-6-10-21)26-22(19)17-7-3-1-4-8-17/h1-15H,16H2. The molecule has 0 bridgehead atoms. The molecule has 2 aromatic heterocycles. The average molecular weight is 396 g/mol. The fourth-order valence-corrected chi connectivity index (χ4v) is 3.25. The van der Waals surface area contributed by atoms with Gasteiger partial charge in [0.2, 0.25) is 5.82 Å². The summed E-state index contributed by atoms with van der Waals surface area (Å²) in [5, 5.41) is 17.5. The number of hydrogen-bond donors (Lipinski definition) is 0. The van der Waals surface area contributed by atoms with Crippen molar-refractivity contribution in [2.75, 3.05) is 0 Å². The van der Waals surface area contributed by atoms with Gasteiger partial charge < -0.3 is 0 Å². The van der Waals surface area contributed by atoms with Crippen LogP contribution in [-0.2, 0) is 6.54 Å². The van der Waals surface area contributed by atoms with Crippen LogP contribution in [0.2, 0.25) is 0 Å². The molecule has 2 heterocycles. The van der Waals surface area contributed by atoms with E-state index < -0.39 is 0 Å². The van der Waals surface area contributed by atoms with Gasteiger partial charge in [-0.2, -0.15) is 9.90 Å². The van der Waals surface area contributed by atoms with Gasteiger partial charge in [0.1, 0.15) is 5.82 Å². The van der Waals surface area contributed by atoms with E-state index in [9.17, 15) is 4.39 Å². The van der Waals surface area contributed by atoms with Gasteiger partial charge in [0.05, 0.1) is 17.9 Å². The Bertz CT molecular complexity index is 1260. The molecule has 0 saturated carbocycles. The van der Waals surface area contributed by atoms with Gasteiger partial charge in [-0.3, -0.25) is 0 Å². The van der Waals surface area contributed by atoms with Gasteiger partial charge in [-0.1, -0.05) is 48.5 Å². The van der Waals surface area contributed by atoms with Gasteiger partial charge in [-0.05, 0) is 41.6 Å². The summed E-state index contributed by atoms with van der Waals surface area (Å²) < 4.78 is 15.0. The molecule has 30 heavy (non-hydrogen) atoms. The lowest BCUT2D eigenvalue weighted by molar-refractivity contribution is 0.573. The fraction of sp³-hybridized carbons (Fsp3) is 0.0435. The van der Waals surface area contributed by atoms with Gasteiger partial charge in [0, 0.05) is 22.9 Å². The highest BCUT2D eigenvalue weighted by Crippen LogP contribution is 2.24. The zero-order valence-corrected chi connectivity index (χ0v) is 15.9. The minimum atomic E-state index is -0.299. The SMILES string of the molecule is Fc1ccc(-c2nnn(Cc3cn(-c4ccccc4)nc3-c3ccccc3)n2)cc1. The van der Waals surface area contributed by atoms with Crippen LogP contribution in [0, 0.1) is 5.82 Å². The van der Waals surface area contributed by atoms with Crippen molar-refractivity contribution < 1.29 is 4.39 Å². The van der Waals surface area contributed by atoms with E-state index in [0.717, 1.165) is 22.5 Å². The van der Waals surface area contributed by atoms with Gasteiger partial charge in [0.15, 0.2) is 0 Å². The summed E-state index contributed by atoms with van der Waals surface area (Å²) in [4.78, 5) is 1.53. The van der Waals surface area contributed by atoms with E-state index in [4.69, 9.17) is 5.10 Å². The molecule has 0 spiro atoms. The summed E-state index contributed by atoms with van der Waals surface area (Å²) >= 11 is 0. The van der Waals surface area contributed by atoms with E-state index in [-0.39, 0.29) is 5.82 Å². The Balaban J connectivity index is 1.51. The smallest absolute Gasteiger partial charge is 0.204 e. The molecule has 5 rings (SSSR count). The summed E-state index contributed by atoms with van der Waals surface area (Å²) in [5.41, 5.74) is 4.53. The lowest BCUT2D eigenvalue weighted by Gasteiger charge is -2.01. The first-order valence-corrected chi connectivity index (χ1v) is 9.49. The molecule has 146 valence electrons. The summed E-state index contributed by atoms with van der Waals surface area (Å²) in [6, 6.07) is 26.0. The highest BCUT2D eigenvalue weighted by Gasteiger charge is 2.15. The first-order chi connectivity index (χ1) is 14.8. The summed E-state index contributed by atoms with van der Waals surface area (Å²) in [5.74, 6) is 0.152. The van der Waals surface area contributed by atoms with Crippen molar-refractivity contribution in [3.63, 3.8) is 0 Å². The molecule has 0 atom stereocenters. The molecule has 6 nitrogen and oxygen atoms in total. The minimum absolute atomic E-state index is 0.299. The van der Waals surface area contributed by atoms with Crippen molar-refractivity contribution in [1.29, 1.82) is 0 Å². The van der Waals surface area contributed by atoms with Gasteiger partial charge in [-0.15, -0.1) is 10.2 Å². The van der Waals surface area contributed by atoms with Crippen LogP contribution in [0.15, 0.2) is 91.1 Å². The molecule has 0 radical (unpaired) electrons. The third kappa shape index (κ3) is 3.60. The molecule has 0 amide bonds. The van der Waals surface area contributed by atoms with Gasteiger partial charge in [-0.25, -0.2) is 9.07 Å². The Morgan fingerprint density at radius 1 is 0.733 bits per heavy atom. The van der Waals surface area contributed by atoms with Crippen LogP contribution in [0.1, 0.15) is 5.56 Å². The van der Waals surface area contributed by atoms with E-state index in [2.05, 4.69) is 15.4 Å². The molecule has 3 aromatic carbocycles. The van der Waals surface area contributed by atoms with Crippen LogP contribution >= 0.6 is 0 Å². The number of benzene rings is 3. The van der Waals surface area contributed by atoms with Crippen molar-refractivity contribution in [1.82, 2.24) is 30.0 Å². The second-order valence-electron chi connectivity index (χ2n) is 6.80. The van der Waals surface area contributed by atoms with Crippen LogP contribution in [0.5, 0.6) is 0 Å². The largest absolute Gasteiger partial charge is 0.240 e. The van der Waals surface area contributed by atoms with Crippen molar-refractivity contribution >= 4 is 0 Å². The molecule has 0 aliphatic heterocycles. The monoisotopic (exact) mass is 396 g/mol. The number of tetrazole rings is 1. The first kappa shape index (κ1) is 17.9. The number of aromatic nitrogens is 6. The number of rotatable bonds is 5. The van der Waals surface area contributed by atoms with Crippen LogP contribution < -0.4 is 0 Å². The lowest BCUT2D eigenvalue weighted by Crippen LogP contribution is -2.04. The average Bonchev–Trinajstić information content (AvgIpc) is 3.43. The first-order valence-electron chi connectivity index (χ1n) is 9.49. The predicted molar refractivity (Wildman–Crippen MR) is 111 cm³/mol. The maximum absolute atomic E-state index is 13.2. The molecular weight excluding hydrogens is 379 g/mol. The Morgan fingerprint density at radius 2 is 1.43 bits per heavy atom. The zero-order valence-electron chi connectivity index (χ0n) is 15.9. The van der Waals surface area contributed by atoms with Crippen LogP contribution in [0.25, 0.3) is 28.3 Å². The van der Waals surface area contributed by atoms with E-state index in [1.54, 1.807) is 12.1 Å². The molecule has 0 fully saturated rings. The maximum Gasteiger partial charge on any atom is 0.204 e. The van der Waals surface area contributed by atoms with Crippen molar-refractivity contribution in [2.45, 2.75) is 6.54 Å². The highest BCUT2D eigenvalue weighted by atomic mass is 19.1. The molecule has 0 aliphatic carbocycles. The third-order valence-corrected chi connectivity index (χ3v) is 4.73. The lowest BCUT2D eigenvalue weighted by atomic mass is 10.1. The number of para-hydroxylation sites is 1. The third-order valence-electron chi connectivity index (χ3n) is 4.73. The molecule has 0 saturated heterocycles. The van der Waals surface area contributed by atoms with Crippen molar-refractivity contribution in [3.8, 4) is 28.3 Å². The molecule has 0 N–H and O–H groups in total. The summed E-state index contributed by atoms with van der Waals surface area (Å²) in [6.45, 7) is 0.408. The molecule has 7 heteroatoms. The Kier molecular flexibility index (Phi) is 4.61. The second kappa shape index (κ2) is 7.71. The highest BCUT2D eigenvalue weighted by molar-refractivity contribution is 5.63. The zero-order chi connectivity index (χ0) is 20.3. The Morgan fingerprint density at radius 3 is 2.17 bits per heavy atom. The predicted octanol–water partition coefficient (Wildman–Crippen LogP) is 4.38.